The van der Waals surface area contributed by atoms with E-state index in [0.717, 1.165) is 17.3 Å². The molecule has 1 aliphatic carbocycles. The van der Waals surface area contributed by atoms with Crippen molar-refractivity contribution in [1.29, 1.82) is 0 Å². The SMILES string of the molecule is C=C[C@H]1C[C@@]1(C)C(=O)n1ncc2c(Cl)cccc21. The van der Waals surface area contributed by atoms with Crippen LogP contribution in [0, 0.1) is 11.3 Å². The Kier molecular flexibility index (Phi) is 2.35. The second kappa shape index (κ2) is 3.69. The topological polar surface area (TPSA) is 34.9 Å². The number of carbonyl (C=O) groups excluding carboxylic acids is 1. The summed E-state index contributed by atoms with van der Waals surface area (Å²) < 4.78 is 1.46. The summed E-state index contributed by atoms with van der Waals surface area (Å²) in [5, 5.41) is 5.61. The summed E-state index contributed by atoms with van der Waals surface area (Å²) in [7, 11) is 0. The van der Waals surface area contributed by atoms with E-state index < -0.39 is 0 Å². The van der Waals surface area contributed by atoms with E-state index in [1.807, 2.05) is 25.1 Å². The number of fused-ring (bicyclic) bond motifs is 1. The van der Waals surface area contributed by atoms with E-state index in [1.165, 1.54) is 4.68 Å². The van der Waals surface area contributed by atoms with Gasteiger partial charge in [0.1, 0.15) is 0 Å². The molecule has 1 fully saturated rings. The first-order valence-electron chi connectivity index (χ1n) is 5.87. The summed E-state index contributed by atoms with van der Waals surface area (Å²) in [6.07, 6.45) is 4.33. The van der Waals surface area contributed by atoms with Gasteiger partial charge in [-0.3, -0.25) is 4.79 Å². The number of halogens is 1. The highest BCUT2D eigenvalue weighted by atomic mass is 35.5. The summed E-state index contributed by atoms with van der Waals surface area (Å²) in [4.78, 5) is 12.5. The van der Waals surface area contributed by atoms with Crippen LogP contribution in [0.4, 0.5) is 0 Å². The Bertz CT molecular complexity index is 661. The van der Waals surface area contributed by atoms with Gasteiger partial charge in [-0.25, -0.2) is 0 Å². The van der Waals surface area contributed by atoms with Crippen molar-refractivity contribution < 1.29 is 4.79 Å². The van der Waals surface area contributed by atoms with Crippen LogP contribution >= 0.6 is 11.6 Å². The van der Waals surface area contributed by atoms with Crippen LogP contribution in [0.5, 0.6) is 0 Å². The van der Waals surface area contributed by atoms with Gasteiger partial charge in [-0.05, 0) is 24.5 Å². The molecule has 1 aromatic carbocycles. The number of allylic oxidation sites excluding steroid dienone is 1. The molecule has 1 aliphatic rings. The Hall–Kier alpha value is -1.61. The van der Waals surface area contributed by atoms with Crippen molar-refractivity contribution in [3.63, 3.8) is 0 Å². The number of rotatable bonds is 2. The quantitative estimate of drug-likeness (QED) is 0.774. The number of carbonyl (C=O) groups is 1. The molecule has 0 amide bonds. The predicted octanol–water partition coefficient (Wildman–Crippen LogP) is 3.54. The minimum Gasteiger partial charge on any atom is -0.272 e. The van der Waals surface area contributed by atoms with Gasteiger partial charge in [0, 0.05) is 5.39 Å². The monoisotopic (exact) mass is 260 g/mol. The summed E-state index contributed by atoms with van der Waals surface area (Å²) in [5.41, 5.74) is 0.409. The molecule has 18 heavy (non-hydrogen) atoms. The fraction of sp³-hybridized carbons (Fsp3) is 0.286. The molecule has 0 spiro atoms. The third-order valence-electron chi connectivity index (χ3n) is 3.83. The molecule has 92 valence electrons. The average molecular weight is 261 g/mol. The van der Waals surface area contributed by atoms with Gasteiger partial charge in [-0.1, -0.05) is 30.7 Å². The van der Waals surface area contributed by atoms with Crippen LogP contribution in [0.25, 0.3) is 10.9 Å². The molecule has 3 nitrogen and oxygen atoms in total. The molecule has 0 radical (unpaired) electrons. The molecule has 1 heterocycles. The van der Waals surface area contributed by atoms with Crippen LogP contribution in [-0.4, -0.2) is 15.7 Å². The molecule has 0 N–H and O–H groups in total. The zero-order valence-electron chi connectivity index (χ0n) is 10.1. The van der Waals surface area contributed by atoms with Crippen LogP contribution in [0.2, 0.25) is 5.02 Å². The number of hydrogen-bond acceptors (Lipinski definition) is 2. The Morgan fingerprint density at radius 3 is 3.11 bits per heavy atom. The van der Waals surface area contributed by atoms with Crippen LogP contribution in [0.3, 0.4) is 0 Å². The van der Waals surface area contributed by atoms with Gasteiger partial charge in [0.2, 0.25) is 0 Å². The maximum Gasteiger partial charge on any atom is 0.253 e. The summed E-state index contributed by atoms with van der Waals surface area (Å²) in [6, 6.07) is 5.49. The van der Waals surface area contributed by atoms with Gasteiger partial charge >= 0.3 is 0 Å². The van der Waals surface area contributed by atoms with Crippen molar-refractivity contribution >= 4 is 28.4 Å². The van der Waals surface area contributed by atoms with E-state index in [4.69, 9.17) is 11.6 Å². The normalized spacial score (nSPS) is 26.2. The zero-order valence-corrected chi connectivity index (χ0v) is 10.8. The van der Waals surface area contributed by atoms with Crippen molar-refractivity contribution in [2.75, 3.05) is 0 Å². The van der Waals surface area contributed by atoms with Crippen LogP contribution in [0.15, 0.2) is 37.1 Å². The molecule has 0 saturated heterocycles. The van der Waals surface area contributed by atoms with Gasteiger partial charge < -0.3 is 0 Å². The molecular weight excluding hydrogens is 248 g/mol. The molecule has 3 rings (SSSR count). The highest BCUT2D eigenvalue weighted by Crippen LogP contribution is 2.54. The molecule has 0 unspecified atom stereocenters. The lowest BCUT2D eigenvalue weighted by molar-refractivity contribution is 0.0807. The summed E-state index contributed by atoms with van der Waals surface area (Å²) in [6.45, 7) is 5.71. The first-order valence-corrected chi connectivity index (χ1v) is 6.25. The van der Waals surface area contributed by atoms with Crippen molar-refractivity contribution in [3.8, 4) is 0 Å². The maximum atomic E-state index is 12.5. The number of benzene rings is 1. The van der Waals surface area contributed by atoms with E-state index in [2.05, 4.69) is 11.7 Å². The average Bonchev–Trinajstić information content (AvgIpc) is 2.85. The third kappa shape index (κ3) is 1.44. The van der Waals surface area contributed by atoms with E-state index in [0.29, 0.717) is 5.02 Å². The molecular formula is C14H13ClN2O. The predicted molar refractivity (Wildman–Crippen MR) is 71.8 cm³/mol. The van der Waals surface area contributed by atoms with Crippen molar-refractivity contribution in [3.05, 3.63) is 42.1 Å². The molecule has 2 atom stereocenters. The Balaban J connectivity index is 2.09. The first kappa shape index (κ1) is 11.5. The zero-order chi connectivity index (χ0) is 12.9. The fourth-order valence-corrected chi connectivity index (χ4v) is 2.63. The lowest BCUT2D eigenvalue weighted by atomic mass is 10.1. The van der Waals surface area contributed by atoms with E-state index in [9.17, 15) is 4.79 Å². The lowest BCUT2D eigenvalue weighted by Gasteiger charge is -2.09. The maximum absolute atomic E-state index is 12.5. The number of nitrogens with zero attached hydrogens (tertiary/aromatic N) is 2. The minimum atomic E-state index is -0.358. The van der Waals surface area contributed by atoms with Gasteiger partial charge in [-0.2, -0.15) is 9.78 Å². The summed E-state index contributed by atoms with van der Waals surface area (Å²) in [5.74, 6) is 0.271. The first-order chi connectivity index (χ1) is 8.58. The lowest BCUT2D eigenvalue weighted by Crippen LogP contribution is -2.23. The van der Waals surface area contributed by atoms with Crippen molar-refractivity contribution in [1.82, 2.24) is 9.78 Å². The van der Waals surface area contributed by atoms with Gasteiger partial charge in [-0.15, -0.1) is 6.58 Å². The molecule has 1 saturated carbocycles. The molecule has 0 bridgehead atoms. The highest BCUT2D eigenvalue weighted by Gasteiger charge is 2.55. The molecule has 4 heteroatoms. The van der Waals surface area contributed by atoms with E-state index in [-0.39, 0.29) is 17.2 Å². The second-order valence-corrected chi connectivity index (χ2v) is 5.41. The van der Waals surface area contributed by atoms with Crippen LogP contribution < -0.4 is 0 Å². The van der Waals surface area contributed by atoms with E-state index >= 15 is 0 Å². The van der Waals surface area contributed by atoms with Crippen molar-refractivity contribution in [2.24, 2.45) is 11.3 Å². The molecule has 0 aliphatic heterocycles. The molecule has 1 aromatic heterocycles. The van der Waals surface area contributed by atoms with Crippen LogP contribution in [0.1, 0.15) is 18.1 Å². The minimum absolute atomic E-state index is 0.0182. The van der Waals surface area contributed by atoms with Crippen LogP contribution in [-0.2, 0) is 0 Å². The summed E-state index contributed by atoms with van der Waals surface area (Å²) >= 11 is 6.08. The molecule has 2 aromatic rings. The fourth-order valence-electron chi connectivity index (χ4n) is 2.41. The Labute approximate surface area is 110 Å². The smallest absolute Gasteiger partial charge is 0.253 e. The largest absolute Gasteiger partial charge is 0.272 e. The highest BCUT2D eigenvalue weighted by molar-refractivity contribution is 6.35. The number of hydrogen-bond donors (Lipinski definition) is 0. The standard InChI is InChI=1S/C14H13ClN2O/c1-3-9-7-14(9,2)13(18)17-12-6-4-5-11(15)10(12)8-16-17/h3-6,8-9H,1,7H2,2H3/t9-,14+/m0/s1. The van der Waals surface area contributed by atoms with E-state index in [1.54, 1.807) is 12.3 Å². The third-order valence-corrected chi connectivity index (χ3v) is 4.16. The number of aromatic nitrogens is 2. The Morgan fingerprint density at radius 2 is 2.44 bits per heavy atom. The van der Waals surface area contributed by atoms with Gasteiger partial charge in [0.25, 0.3) is 5.91 Å². The van der Waals surface area contributed by atoms with Gasteiger partial charge in [0.05, 0.1) is 22.2 Å². The Morgan fingerprint density at radius 1 is 1.67 bits per heavy atom. The van der Waals surface area contributed by atoms with Crippen molar-refractivity contribution in [2.45, 2.75) is 13.3 Å². The second-order valence-electron chi connectivity index (χ2n) is 5.00. The van der Waals surface area contributed by atoms with Gasteiger partial charge in [0.15, 0.2) is 0 Å².